The van der Waals surface area contributed by atoms with Crippen molar-refractivity contribution in [3.63, 3.8) is 0 Å². The maximum Gasteiger partial charge on any atom is 0.335 e. The van der Waals surface area contributed by atoms with Crippen molar-refractivity contribution < 1.29 is 14.6 Å². The van der Waals surface area contributed by atoms with Crippen molar-refractivity contribution in [2.24, 2.45) is 0 Å². The molecule has 0 atom stereocenters. The fourth-order valence-electron chi connectivity index (χ4n) is 1.89. The first kappa shape index (κ1) is 15.2. The van der Waals surface area contributed by atoms with Crippen LogP contribution in [-0.4, -0.2) is 24.2 Å². The summed E-state index contributed by atoms with van der Waals surface area (Å²) < 4.78 is 5.54. The second kappa shape index (κ2) is 6.99. The first-order valence-electron chi connectivity index (χ1n) is 6.53. The number of aromatic carboxylic acids is 1. The summed E-state index contributed by atoms with van der Waals surface area (Å²) in [6.45, 7) is 3.04. The zero-order valence-electron chi connectivity index (χ0n) is 11.6. The van der Waals surface area contributed by atoms with Gasteiger partial charge in [-0.2, -0.15) is 0 Å². The number of carboxylic acid groups (broad SMARTS) is 1. The molecule has 0 fully saturated rings. The fourth-order valence-corrected chi connectivity index (χ4v) is 2.18. The van der Waals surface area contributed by atoms with Crippen LogP contribution in [0.2, 0.25) is 5.02 Å². The van der Waals surface area contributed by atoms with E-state index in [2.05, 4.69) is 5.32 Å². The van der Waals surface area contributed by atoms with Crippen LogP contribution in [0, 0.1) is 6.92 Å². The van der Waals surface area contributed by atoms with E-state index in [1.165, 1.54) is 12.1 Å². The zero-order chi connectivity index (χ0) is 15.2. The molecule has 4 nitrogen and oxygen atoms in total. The van der Waals surface area contributed by atoms with Gasteiger partial charge >= 0.3 is 5.97 Å². The highest BCUT2D eigenvalue weighted by atomic mass is 35.5. The van der Waals surface area contributed by atoms with Crippen LogP contribution in [0.4, 0.5) is 5.69 Å². The monoisotopic (exact) mass is 305 g/mol. The normalized spacial score (nSPS) is 10.2. The second-order valence-corrected chi connectivity index (χ2v) is 4.94. The van der Waals surface area contributed by atoms with Crippen molar-refractivity contribution in [2.45, 2.75) is 6.92 Å². The van der Waals surface area contributed by atoms with Gasteiger partial charge in [-0.3, -0.25) is 0 Å². The number of hydrogen-bond donors (Lipinski definition) is 2. The first-order valence-corrected chi connectivity index (χ1v) is 6.91. The smallest absolute Gasteiger partial charge is 0.335 e. The number of carbonyl (C=O) groups is 1. The lowest BCUT2D eigenvalue weighted by Crippen LogP contribution is -2.12. The molecule has 2 N–H and O–H groups in total. The van der Waals surface area contributed by atoms with Gasteiger partial charge in [0.2, 0.25) is 0 Å². The number of ether oxygens (including phenoxy) is 1. The average molecular weight is 306 g/mol. The summed E-state index contributed by atoms with van der Waals surface area (Å²) in [5.74, 6) is -0.310. The molecule has 0 spiro atoms. The van der Waals surface area contributed by atoms with Gasteiger partial charge in [-0.25, -0.2) is 4.79 Å². The van der Waals surface area contributed by atoms with Gasteiger partial charge in [0.15, 0.2) is 0 Å². The molecular weight excluding hydrogens is 290 g/mol. The molecule has 2 aromatic carbocycles. The van der Waals surface area contributed by atoms with Gasteiger partial charge in [-0.15, -0.1) is 0 Å². The molecule has 0 saturated heterocycles. The van der Waals surface area contributed by atoms with E-state index in [0.717, 1.165) is 11.3 Å². The van der Waals surface area contributed by atoms with E-state index in [0.29, 0.717) is 23.9 Å². The molecule has 0 unspecified atom stereocenters. The Labute approximate surface area is 128 Å². The maximum atomic E-state index is 10.7. The minimum Gasteiger partial charge on any atom is -0.492 e. The molecule has 0 saturated carbocycles. The van der Waals surface area contributed by atoms with E-state index in [9.17, 15) is 4.79 Å². The van der Waals surface area contributed by atoms with Gasteiger partial charge in [-0.05, 0) is 42.8 Å². The third-order valence-electron chi connectivity index (χ3n) is 3.00. The predicted molar refractivity (Wildman–Crippen MR) is 83.6 cm³/mol. The van der Waals surface area contributed by atoms with Crippen LogP contribution in [0.1, 0.15) is 15.9 Å². The first-order chi connectivity index (χ1) is 10.1. The minimum absolute atomic E-state index is 0.243. The Morgan fingerprint density at radius 1 is 1.24 bits per heavy atom. The van der Waals surface area contributed by atoms with E-state index in [-0.39, 0.29) is 5.56 Å². The van der Waals surface area contributed by atoms with Crippen molar-refractivity contribution in [1.29, 1.82) is 0 Å². The second-order valence-electron chi connectivity index (χ2n) is 4.54. The third-order valence-corrected chi connectivity index (χ3v) is 3.31. The molecule has 0 bridgehead atoms. The number of aryl methyl sites for hydroxylation is 1. The number of benzene rings is 2. The Bertz CT molecular complexity index is 606. The van der Waals surface area contributed by atoms with E-state index >= 15 is 0 Å². The lowest BCUT2D eigenvalue weighted by Gasteiger charge is -2.12. The molecule has 2 rings (SSSR count). The number of anilines is 1. The summed E-state index contributed by atoms with van der Waals surface area (Å²) >= 11 is 6.11. The van der Waals surface area contributed by atoms with E-state index < -0.39 is 5.97 Å². The molecule has 0 heterocycles. The molecule has 5 heteroatoms. The summed E-state index contributed by atoms with van der Waals surface area (Å²) in [5, 5.41) is 12.7. The van der Waals surface area contributed by atoms with Crippen LogP contribution in [-0.2, 0) is 0 Å². The molecule has 2 aromatic rings. The van der Waals surface area contributed by atoms with Gasteiger partial charge in [0.1, 0.15) is 12.4 Å². The topological polar surface area (TPSA) is 58.6 Å². The Morgan fingerprint density at radius 3 is 2.57 bits per heavy atom. The number of halogens is 1. The van der Waals surface area contributed by atoms with Crippen molar-refractivity contribution in [1.82, 2.24) is 0 Å². The number of carboxylic acids is 1. The van der Waals surface area contributed by atoms with Gasteiger partial charge in [0, 0.05) is 6.54 Å². The molecule has 0 radical (unpaired) electrons. The van der Waals surface area contributed by atoms with Gasteiger partial charge in [-0.1, -0.05) is 23.7 Å². The van der Waals surface area contributed by atoms with Crippen molar-refractivity contribution in [3.05, 3.63) is 58.6 Å². The van der Waals surface area contributed by atoms with Crippen LogP contribution in [0.5, 0.6) is 5.75 Å². The predicted octanol–water partition coefficient (Wildman–Crippen LogP) is 3.84. The van der Waals surface area contributed by atoms with Crippen molar-refractivity contribution in [2.75, 3.05) is 18.5 Å². The van der Waals surface area contributed by atoms with Gasteiger partial charge in [0.05, 0.1) is 16.3 Å². The summed E-state index contributed by atoms with van der Waals surface area (Å²) in [5.41, 5.74) is 2.23. The van der Waals surface area contributed by atoms with Crippen molar-refractivity contribution >= 4 is 23.3 Å². The summed E-state index contributed by atoms with van der Waals surface area (Å²) in [4.78, 5) is 10.7. The molecular formula is C16H16ClNO3. The highest BCUT2D eigenvalue weighted by Crippen LogP contribution is 2.24. The van der Waals surface area contributed by atoms with E-state index in [1.54, 1.807) is 12.1 Å². The lowest BCUT2D eigenvalue weighted by atomic mass is 10.2. The van der Waals surface area contributed by atoms with Crippen LogP contribution >= 0.6 is 11.6 Å². The minimum atomic E-state index is -0.947. The fraction of sp³-hybridized carbons (Fsp3) is 0.188. The molecule has 0 aliphatic heterocycles. The van der Waals surface area contributed by atoms with Gasteiger partial charge < -0.3 is 15.2 Å². The Balaban J connectivity index is 1.83. The van der Waals surface area contributed by atoms with E-state index in [1.807, 2.05) is 25.1 Å². The van der Waals surface area contributed by atoms with E-state index in [4.69, 9.17) is 21.4 Å². The Hall–Kier alpha value is -2.20. The largest absolute Gasteiger partial charge is 0.492 e. The number of nitrogens with one attached hydrogen (secondary N) is 1. The molecule has 0 amide bonds. The highest BCUT2D eigenvalue weighted by molar-refractivity contribution is 6.33. The van der Waals surface area contributed by atoms with Crippen LogP contribution < -0.4 is 10.1 Å². The molecule has 110 valence electrons. The van der Waals surface area contributed by atoms with Crippen LogP contribution in [0.15, 0.2) is 42.5 Å². The SMILES string of the molecule is Cc1cccc(Cl)c1NCCOc1ccc(C(=O)O)cc1. The number of para-hydroxylation sites is 1. The Morgan fingerprint density at radius 2 is 1.95 bits per heavy atom. The molecule has 0 aliphatic carbocycles. The Kier molecular flexibility index (Phi) is 5.06. The lowest BCUT2D eigenvalue weighted by molar-refractivity contribution is 0.0697. The summed E-state index contributed by atoms with van der Waals surface area (Å²) in [6.07, 6.45) is 0. The number of hydrogen-bond acceptors (Lipinski definition) is 3. The molecule has 21 heavy (non-hydrogen) atoms. The maximum absolute atomic E-state index is 10.7. The summed E-state index contributed by atoms with van der Waals surface area (Å²) in [7, 11) is 0. The van der Waals surface area contributed by atoms with Crippen molar-refractivity contribution in [3.8, 4) is 5.75 Å². The zero-order valence-corrected chi connectivity index (χ0v) is 12.4. The third kappa shape index (κ3) is 4.13. The average Bonchev–Trinajstić information content (AvgIpc) is 2.46. The highest BCUT2D eigenvalue weighted by Gasteiger charge is 2.04. The number of rotatable bonds is 6. The summed E-state index contributed by atoms with van der Waals surface area (Å²) in [6, 6.07) is 12.0. The molecule has 0 aromatic heterocycles. The molecule has 0 aliphatic rings. The van der Waals surface area contributed by atoms with Crippen LogP contribution in [0.25, 0.3) is 0 Å². The standard InChI is InChI=1S/C16H16ClNO3/c1-11-3-2-4-14(17)15(11)18-9-10-21-13-7-5-12(6-8-13)16(19)20/h2-8,18H,9-10H2,1H3,(H,19,20). The van der Waals surface area contributed by atoms with Crippen LogP contribution in [0.3, 0.4) is 0 Å². The van der Waals surface area contributed by atoms with Gasteiger partial charge in [0.25, 0.3) is 0 Å². The quantitative estimate of drug-likeness (QED) is 0.796.